The van der Waals surface area contributed by atoms with Crippen LogP contribution in [0.15, 0.2) is 34.1 Å². The van der Waals surface area contributed by atoms with Crippen LogP contribution in [-0.2, 0) is 6.54 Å². The molecule has 0 bridgehead atoms. The average molecular weight is 404 g/mol. The minimum absolute atomic E-state index is 0.0986. The van der Waals surface area contributed by atoms with Crippen molar-refractivity contribution in [2.45, 2.75) is 31.8 Å². The molecule has 0 spiro atoms. The predicted octanol–water partition coefficient (Wildman–Crippen LogP) is 4.91. The van der Waals surface area contributed by atoms with E-state index in [1.54, 1.807) is 11.3 Å². The molecule has 2 aliphatic rings. The van der Waals surface area contributed by atoms with E-state index in [2.05, 4.69) is 15.1 Å². The molecule has 0 N–H and O–H groups in total. The number of benzene rings is 1. The minimum atomic E-state index is 0.0986. The number of fused-ring (bicyclic) bond motifs is 1. The summed E-state index contributed by atoms with van der Waals surface area (Å²) in [5, 5.41) is 11.3. The maximum absolute atomic E-state index is 6.48. The molecule has 2 aliphatic heterocycles. The largest absolute Gasteiger partial charge is 0.454 e. The van der Waals surface area contributed by atoms with Crippen molar-refractivity contribution in [1.82, 2.24) is 15.1 Å². The summed E-state index contributed by atoms with van der Waals surface area (Å²) in [6, 6.07) is 7.88. The van der Waals surface area contributed by atoms with E-state index in [0.717, 1.165) is 42.0 Å². The average Bonchev–Trinajstić information content (AvgIpc) is 3.43. The third-order valence-corrected chi connectivity index (χ3v) is 6.20. The van der Waals surface area contributed by atoms with Crippen LogP contribution in [0.25, 0.3) is 10.8 Å². The van der Waals surface area contributed by atoms with Gasteiger partial charge in [-0.1, -0.05) is 24.1 Å². The van der Waals surface area contributed by atoms with Gasteiger partial charge in [0.15, 0.2) is 11.5 Å². The van der Waals surface area contributed by atoms with E-state index in [0.29, 0.717) is 29.1 Å². The number of rotatable bonds is 4. The molecule has 6 nitrogen and oxygen atoms in total. The summed E-state index contributed by atoms with van der Waals surface area (Å²) in [5.74, 6) is 2.72. The summed E-state index contributed by atoms with van der Waals surface area (Å²) in [7, 11) is 0. The van der Waals surface area contributed by atoms with E-state index >= 15 is 0 Å². The number of likely N-dealkylation sites (tertiary alicyclic amines) is 1. The maximum Gasteiger partial charge on any atom is 0.257 e. The Bertz CT molecular complexity index is 944. The van der Waals surface area contributed by atoms with Gasteiger partial charge in [-0.3, -0.25) is 4.90 Å². The fourth-order valence-electron chi connectivity index (χ4n) is 3.63. The summed E-state index contributed by atoms with van der Waals surface area (Å²) >= 11 is 8.08. The van der Waals surface area contributed by atoms with Crippen LogP contribution < -0.4 is 9.47 Å². The molecular weight excluding hydrogens is 386 g/mol. The van der Waals surface area contributed by atoms with Gasteiger partial charge in [0, 0.05) is 17.6 Å². The highest BCUT2D eigenvalue weighted by Gasteiger charge is 2.30. The first-order valence-electron chi connectivity index (χ1n) is 8.97. The lowest BCUT2D eigenvalue weighted by atomic mass is 10.0. The molecule has 3 aromatic rings. The standard InChI is InChI=1S/C19H18ClN3O3S/c20-13-9-16-15(24-11-25-16)8-12(13)10-23-6-2-1-4-14(23)18-21-22-19(26-18)17-5-3-7-27-17/h3,5,7-9,14H,1-2,4,6,10-11H2. The van der Waals surface area contributed by atoms with Gasteiger partial charge in [-0.25, -0.2) is 0 Å². The van der Waals surface area contributed by atoms with Gasteiger partial charge in [-0.15, -0.1) is 21.5 Å². The third-order valence-electron chi connectivity index (χ3n) is 4.99. The summed E-state index contributed by atoms with van der Waals surface area (Å²) in [6.45, 7) is 1.91. The molecule has 4 heterocycles. The smallest absolute Gasteiger partial charge is 0.257 e. The fourth-order valence-corrected chi connectivity index (χ4v) is 4.49. The number of nitrogens with zero attached hydrogens (tertiary/aromatic N) is 3. The summed E-state index contributed by atoms with van der Waals surface area (Å²) in [4.78, 5) is 3.36. The number of hydrogen-bond donors (Lipinski definition) is 0. The lowest BCUT2D eigenvalue weighted by molar-refractivity contribution is 0.118. The van der Waals surface area contributed by atoms with E-state index in [9.17, 15) is 0 Å². The molecule has 2 aromatic heterocycles. The first-order valence-corrected chi connectivity index (χ1v) is 10.2. The Kier molecular flexibility index (Phi) is 4.51. The molecule has 0 saturated carbocycles. The van der Waals surface area contributed by atoms with Crippen LogP contribution in [0.5, 0.6) is 11.5 Å². The molecule has 0 radical (unpaired) electrons. The molecule has 1 saturated heterocycles. The zero-order valence-electron chi connectivity index (χ0n) is 14.6. The summed E-state index contributed by atoms with van der Waals surface area (Å²) < 4.78 is 16.9. The van der Waals surface area contributed by atoms with Crippen molar-refractivity contribution in [3.8, 4) is 22.3 Å². The van der Waals surface area contributed by atoms with Crippen molar-refractivity contribution < 1.29 is 13.9 Å². The minimum Gasteiger partial charge on any atom is -0.454 e. The third kappa shape index (κ3) is 3.31. The molecule has 8 heteroatoms. The SMILES string of the molecule is Clc1cc2c(cc1CN1CCCCC1c1nnc(-c3cccs3)o1)OCO2. The van der Waals surface area contributed by atoms with Crippen molar-refractivity contribution in [1.29, 1.82) is 0 Å². The normalized spacial score (nSPS) is 19.5. The first kappa shape index (κ1) is 17.0. The van der Waals surface area contributed by atoms with Crippen LogP contribution in [0.4, 0.5) is 0 Å². The van der Waals surface area contributed by atoms with E-state index < -0.39 is 0 Å². The quantitative estimate of drug-likeness (QED) is 0.617. The Hall–Kier alpha value is -2.09. The molecular formula is C19H18ClN3O3S. The van der Waals surface area contributed by atoms with Crippen LogP contribution in [0, 0.1) is 0 Å². The van der Waals surface area contributed by atoms with Gasteiger partial charge in [-0.05, 0) is 42.5 Å². The van der Waals surface area contributed by atoms with Gasteiger partial charge >= 0.3 is 0 Å². The van der Waals surface area contributed by atoms with Crippen LogP contribution in [-0.4, -0.2) is 28.4 Å². The Morgan fingerprint density at radius 3 is 2.93 bits per heavy atom. The van der Waals surface area contributed by atoms with Crippen molar-refractivity contribution in [2.24, 2.45) is 0 Å². The molecule has 1 aromatic carbocycles. The number of aromatic nitrogens is 2. The van der Waals surface area contributed by atoms with Crippen molar-refractivity contribution in [3.05, 3.63) is 46.1 Å². The fraction of sp³-hybridized carbons (Fsp3) is 0.368. The van der Waals surface area contributed by atoms with Gasteiger partial charge in [-0.2, -0.15) is 0 Å². The molecule has 140 valence electrons. The molecule has 1 atom stereocenters. The van der Waals surface area contributed by atoms with Crippen LogP contribution in [0.1, 0.15) is 36.8 Å². The number of hydrogen-bond acceptors (Lipinski definition) is 7. The van der Waals surface area contributed by atoms with Crippen LogP contribution >= 0.6 is 22.9 Å². The van der Waals surface area contributed by atoms with Gasteiger partial charge in [0.2, 0.25) is 12.7 Å². The molecule has 5 rings (SSSR count). The van der Waals surface area contributed by atoms with Crippen molar-refractivity contribution in [3.63, 3.8) is 0 Å². The second-order valence-corrected chi connectivity index (χ2v) is 8.06. The zero-order valence-corrected chi connectivity index (χ0v) is 16.1. The Morgan fingerprint density at radius 2 is 2.07 bits per heavy atom. The van der Waals surface area contributed by atoms with Gasteiger partial charge in [0.05, 0.1) is 10.9 Å². The molecule has 0 aliphatic carbocycles. The molecule has 1 unspecified atom stereocenters. The number of thiophene rings is 1. The monoisotopic (exact) mass is 403 g/mol. The highest BCUT2D eigenvalue weighted by molar-refractivity contribution is 7.13. The highest BCUT2D eigenvalue weighted by Crippen LogP contribution is 2.39. The Balaban J connectivity index is 1.40. The van der Waals surface area contributed by atoms with E-state index in [-0.39, 0.29) is 12.8 Å². The number of ether oxygens (including phenoxy) is 2. The molecule has 0 amide bonds. The summed E-state index contributed by atoms with van der Waals surface area (Å²) in [5.41, 5.74) is 1.02. The highest BCUT2D eigenvalue weighted by atomic mass is 35.5. The van der Waals surface area contributed by atoms with Crippen LogP contribution in [0.3, 0.4) is 0 Å². The molecule has 27 heavy (non-hydrogen) atoms. The lowest BCUT2D eigenvalue weighted by Crippen LogP contribution is -2.33. The first-order chi connectivity index (χ1) is 13.3. The van der Waals surface area contributed by atoms with E-state index in [1.165, 1.54) is 0 Å². The van der Waals surface area contributed by atoms with Crippen LogP contribution in [0.2, 0.25) is 5.02 Å². The lowest BCUT2D eigenvalue weighted by Gasteiger charge is -2.33. The van der Waals surface area contributed by atoms with Crippen molar-refractivity contribution >= 4 is 22.9 Å². The van der Waals surface area contributed by atoms with E-state index in [1.807, 2.05) is 29.6 Å². The van der Waals surface area contributed by atoms with Gasteiger partial charge in [0.25, 0.3) is 5.89 Å². The number of halogens is 1. The Labute approximate surface area is 165 Å². The molecule has 1 fully saturated rings. The van der Waals surface area contributed by atoms with Crippen molar-refractivity contribution in [2.75, 3.05) is 13.3 Å². The zero-order chi connectivity index (χ0) is 18.2. The topological polar surface area (TPSA) is 60.6 Å². The van der Waals surface area contributed by atoms with Gasteiger partial charge in [0.1, 0.15) is 0 Å². The Morgan fingerprint density at radius 1 is 1.19 bits per heavy atom. The predicted molar refractivity (Wildman–Crippen MR) is 102 cm³/mol. The maximum atomic E-state index is 6.48. The number of piperidine rings is 1. The van der Waals surface area contributed by atoms with Gasteiger partial charge < -0.3 is 13.9 Å². The van der Waals surface area contributed by atoms with E-state index in [4.69, 9.17) is 25.5 Å². The second kappa shape index (κ2) is 7.14. The summed E-state index contributed by atoms with van der Waals surface area (Å²) in [6.07, 6.45) is 3.28. The second-order valence-electron chi connectivity index (χ2n) is 6.70.